The number of methoxy groups -OCH3 is 1. The third-order valence-corrected chi connectivity index (χ3v) is 3.46. The summed E-state index contributed by atoms with van der Waals surface area (Å²) < 4.78 is 5.28. The first-order valence-electron chi connectivity index (χ1n) is 6.95. The van der Waals surface area contributed by atoms with Crippen molar-refractivity contribution in [1.29, 1.82) is 0 Å². The molecule has 0 N–H and O–H groups in total. The Bertz CT molecular complexity index is 748. The van der Waals surface area contributed by atoms with E-state index in [0.717, 1.165) is 28.3 Å². The Morgan fingerprint density at radius 1 is 0.762 bits per heavy atom. The molecule has 0 aliphatic rings. The van der Waals surface area contributed by atoms with Crippen LogP contribution in [0.25, 0.3) is 22.5 Å². The lowest BCUT2D eigenvalue weighted by molar-refractivity contribution is 0.415. The van der Waals surface area contributed by atoms with E-state index in [9.17, 15) is 0 Å². The lowest BCUT2D eigenvalue weighted by atomic mass is 10.1. The second-order valence-corrected chi connectivity index (χ2v) is 5.01. The maximum absolute atomic E-state index is 5.28. The van der Waals surface area contributed by atoms with E-state index in [1.54, 1.807) is 7.11 Å². The number of aromatic nitrogens is 1. The molecule has 0 saturated heterocycles. The summed E-state index contributed by atoms with van der Waals surface area (Å²) >= 11 is 0. The number of hydrogen-bond donors (Lipinski definition) is 0. The minimum absolute atomic E-state index is 0.843. The summed E-state index contributed by atoms with van der Waals surface area (Å²) in [5.74, 6) is 0.843. The van der Waals surface area contributed by atoms with Crippen LogP contribution in [-0.4, -0.2) is 12.1 Å². The normalized spacial score (nSPS) is 10.4. The van der Waals surface area contributed by atoms with Gasteiger partial charge in [-0.2, -0.15) is 0 Å². The highest BCUT2D eigenvalue weighted by Crippen LogP contribution is 2.25. The van der Waals surface area contributed by atoms with Gasteiger partial charge in [0.05, 0.1) is 18.5 Å². The van der Waals surface area contributed by atoms with Gasteiger partial charge in [-0.1, -0.05) is 48.0 Å². The van der Waals surface area contributed by atoms with Gasteiger partial charge < -0.3 is 4.74 Å². The predicted molar refractivity (Wildman–Crippen MR) is 86.4 cm³/mol. The van der Waals surface area contributed by atoms with Crippen LogP contribution in [-0.2, 0) is 0 Å². The molecule has 0 unspecified atom stereocenters. The van der Waals surface area contributed by atoms with Crippen molar-refractivity contribution in [2.45, 2.75) is 6.92 Å². The van der Waals surface area contributed by atoms with Crippen molar-refractivity contribution in [3.8, 4) is 28.3 Å². The average molecular weight is 275 g/mol. The molecule has 0 bridgehead atoms. The van der Waals surface area contributed by atoms with Gasteiger partial charge in [-0.25, -0.2) is 4.98 Å². The molecule has 0 atom stereocenters. The zero-order chi connectivity index (χ0) is 14.7. The van der Waals surface area contributed by atoms with Gasteiger partial charge in [-0.15, -0.1) is 0 Å². The molecule has 0 fully saturated rings. The number of hydrogen-bond acceptors (Lipinski definition) is 2. The molecule has 1 heterocycles. The standard InChI is InChI=1S/C19H17NO/c1-14-9-11-15(12-10-14)18-7-4-8-19(20-18)16-5-3-6-17(13-16)21-2/h3-13H,1-2H3. The van der Waals surface area contributed by atoms with Crippen LogP contribution in [0.4, 0.5) is 0 Å². The van der Waals surface area contributed by atoms with Crippen LogP contribution < -0.4 is 4.74 Å². The van der Waals surface area contributed by atoms with Crippen LogP contribution in [0.1, 0.15) is 5.56 Å². The maximum atomic E-state index is 5.28. The Morgan fingerprint density at radius 3 is 2.14 bits per heavy atom. The summed E-state index contributed by atoms with van der Waals surface area (Å²) in [7, 11) is 1.68. The third-order valence-electron chi connectivity index (χ3n) is 3.46. The summed E-state index contributed by atoms with van der Waals surface area (Å²) in [4.78, 5) is 4.76. The zero-order valence-electron chi connectivity index (χ0n) is 12.2. The Labute approximate surface area is 125 Å². The van der Waals surface area contributed by atoms with Crippen LogP contribution in [0.5, 0.6) is 5.75 Å². The average Bonchev–Trinajstić information content (AvgIpc) is 2.56. The van der Waals surface area contributed by atoms with E-state index in [2.05, 4.69) is 31.2 Å². The molecule has 0 radical (unpaired) electrons. The van der Waals surface area contributed by atoms with Gasteiger partial charge in [-0.3, -0.25) is 0 Å². The second kappa shape index (κ2) is 5.80. The first kappa shape index (κ1) is 13.4. The summed E-state index contributed by atoms with van der Waals surface area (Å²) in [6.45, 7) is 2.09. The summed E-state index contributed by atoms with van der Waals surface area (Å²) in [6.07, 6.45) is 0. The fraction of sp³-hybridized carbons (Fsp3) is 0.105. The number of ether oxygens (including phenoxy) is 1. The van der Waals surface area contributed by atoms with Crippen molar-refractivity contribution in [2.75, 3.05) is 7.11 Å². The minimum atomic E-state index is 0.843. The highest BCUT2D eigenvalue weighted by Gasteiger charge is 2.04. The number of benzene rings is 2. The van der Waals surface area contributed by atoms with Crippen molar-refractivity contribution < 1.29 is 4.74 Å². The van der Waals surface area contributed by atoms with Crippen LogP contribution in [0.3, 0.4) is 0 Å². The van der Waals surface area contributed by atoms with Gasteiger partial charge in [0.2, 0.25) is 0 Å². The molecule has 0 amide bonds. The van der Waals surface area contributed by atoms with E-state index in [-0.39, 0.29) is 0 Å². The molecule has 2 heteroatoms. The molecule has 2 nitrogen and oxygen atoms in total. The lowest BCUT2D eigenvalue weighted by Gasteiger charge is -2.07. The fourth-order valence-corrected chi connectivity index (χ4v) is 2.26. The molecule has 104 valence electrons. The molecule has 1 aromatic heterocycles. The van der Waals surface area contributed by atoms with Crippen LogP contribution in [0.15, 0.2) is 66.7 Å². The molecule has 0 aliphatic heterocycles. The highest BCUT2D eigenvalue weighted by molar-refractivity contribution is 5.67. The van der Waals surface area contributed by atoms with Crippen LogP contribution in [0.2, 0.25) is 0 Å². The van der Waals surface area contributed by atoms with E-state index in [1.165, 1.54) is 5.56 Å². The third kappa shape index (κ3) is 2.95. The first-order valence-corrected chi connectivity index (χ1v) is 6.95. The summed E-state index contributed by atoms with van der Waals surface area (Å²) in [5, 5.41) is 0. The number of nitrogens with zero attached hydrogens (tertiary/aromatic N) is 1. The molecule has 21 heavy (non-hydrogen) atoms. The van der Waals surface area contributed by atoms with Crippen molar-refractivity contribution in [3.05, 3.63) is 72.3 Å². The Balaban J connectivity index is 2.01. The Morgan fingerprint density at radius 2 is 1.43 bits per heavy atom. The SMILES string of the molecule is COc1cccc(-c2cccc(-c3ccc(C)cc3)n2)c1. The maximum Gasteiger partial charge on any atom is 0.119 e. The Hall–Kier alpha value is -2.61. The summed E-state index contributed by atoms with van der Waals surface area (Å²) in [6, 6.07) is 22.5. The lowest BCUT2D eigenvalue weighted by Crippen LogP contribution is -1.89. The van der Waals surface area contributed by atoms with Gasteiger partial charge >= 0.3 is 0 Å². The number of aryl methyl sites for hydroxylation is 1. The smallest absolute Gasteiger partial charge is 0.119 e. The van der Waals surface area contributed by atoms with E-state index >= 15 is 0 Å². The number of pyridine rings is 1. The molecular formula is C19H17NO. The molecular weight excluding hydrogens is 258 g/mol. The molecule has 2 aromatic carbocycles. The van der Waals surface area contributed by atoms with Gasteiger partial charge in [0.15, 0.2) is 0 Å². The van der Waals surface area contributed by atoms with Crippen molar-refractivity contribution in [1.82, 2.24) is 4.98 Å². The molecule has 0 saturated carbocycles. The van der Waals surface area contributed by atoms with Gasteiger partial charge in [0.1, 0.15) is 5.75 Å². The van der Waals surface area contributed by atoms with Crippen molar-refractivity contribution in [2.24, 2.45) is 0 Å². The van der Waals surface area contributed by atoms with E-state index in [4.69, 9.17) is 9.72 Å². The quantitative estimate of drug-likeness (QED) is 0.689. The Kier molecular flexibility index (Phi) is 3.69. The van der Waals surface area contributed by atoms with Crippen molar-refractivity contribution >= 4 is 0 Å². The van der Waals surface area contributed by atoms with E-state index in [1.807, 2.05) is 42.5 Å². The van der Waals surface area contributed by atoms with E-state index < -0.39 is 0 Å². The fourth-order valence-electron chi connectivity index (χ4n) is 2.26. The second-order valence-electron chi connectivity index (χ2n) is 5.01. The number of rotatable bonds is 3. The predicted octanol–water partition coefficient (Wildman–Crippen LogP) is 4.73. The van der Waals surface area contributed by atoms with Crippen LogP contribution in [0, 0.1) is 6.92 Å². The molecule has 0 aliphatic carbocycles. The van der Waals surface area contributed by atoms with Crippen molar-refractivity contribution in [3.63, 3.8) is 0 Å². The molecule has 3 rings (SSSR count). The monoisotopic (exact) mass is 275 g/mol. The summed E-state index contributed by atoms with van der Waals surface area (Å²) in [5.41, 5.74) is 5.37. The van der Waals surface area contributed by atoms with E-state index in [0.29, 0.717) is 0 Å². The molecule has 0 spiro atoms. The van der Waals surface area contributed by atoms with Gasteiger partial charge in [0, 0.05) is 11.1 Å². The zero-order valence-corrected chi connectivity index (χ0v) is 12.2. The largest absolute Gasteiger partial charge is 0.497 e. The highest BCUT2D eigenvalue weighted by atomic mass is 16.5. The molecule has 3 aromatic rings. The first-order chi connectivity index (χ1) is 10.3. The minimum Gasteiger partial charge on any atom is -0.497 e. The van der Waals surface area contributed by atoms with Gasteiger partial charge in [-0.05, 0) is 31.2 Å². The van der Waals surface area contributed by atoms with Gasteiger partial charge in [0.25, 0.3) is 0 Å². The van der Waals surface area contributed by atoms with Crippen LogP contribution >= 0.6 is 0 Å². The topological polar surface area (TPSA) is 22.1 Å².